The third-order valence-electron chi connectivity index (χ3n) is 3.69. The lowest BCUT2D eigenvalue weighted by Crippen LogP contribution is -2.01. The molecule has 0 aromatic heterocycles. The van der Waals surface area contributed by atoms with E-state index in [0.29, 0.717) is 11.7 Å². The summed E-state index contributed by atoms with van der Waals surface area (Å²) in [6.07, 6.45) is 2.67. The van der Waals surface area contributed by atoms with Crippen LogP contribution in [0.5, 0.6) is 5.75 Å². The van der Waals surface area contributed by atoms with E-state index in [9.17, 15) is 9.90 Å². The number of benzene rings is 1. The van der Waals surface area contributed by atoms with Crippen molar-refractivity contribution < 1.29 is 15.0 Å². The van der Waals surface area contributed by atoms with Crippen LogP contribution in [0.2, 0.25) is 0 Å². The third-order valence-corrected chi connectivity index (χ3v) is 3.69. The van der Waals surface area contributed by atoms with Crippen LogP contribution in [0.1, 0.15) is 29.5 Å². The van der Waals surface area contributed by atoms with Crippen molar-refractivity contribution in [2.75, 3.05) is 0 Å². The first kappa shape index (κ1) is 12.0. The van der Waals surface area contributed by atoms with Crippen LogP contribution < -0.4 is 0 Å². The Morgan fingerprint density at radius 2 is 1.94 bits per heavy atom. The van der Waals surface area contributed by atoms with Gasteiger partial charge in [0.2, 0.25) is 0 Å². The number of hydrogen-bond donors (Lipinski definition) is 2. The Morgan fingerprint density at radius 3 is 2.41 bits per heavy atom. The quantitative estimate of drug-likeness (QED) is 0.842. The third kappa shape index (κ3) is 2.60. The van der Waals surface area contributed by atoms with E-state index in [2.05, 4.69) is 0 Å². The molecule has 2 unspecified atom stereocenters. The van der Waals surface area contributed by atoms with Gasteiger partial charge in [-0.05, 0) is 67.9 Å². The van der Waals surface area contributed by atoms with Crippen molar-refractivity contribution in [2.45, 2.75) is 33.1 Å². The van der Waals surface area contributed by atoms with E-state index in [-0.39, 0.29) is 5.92 Å². The maximum atomic E-state index is 10.7. The van der Waals surface area contributed by atoms with E-state index >= 15 is 0 Å². The van der Waals surface area contributed by atoms with E-state index in [4.69, 9.17) is 5.11 Å². The molecule has 1 saturated carbocycles. The maximum absolute atomic E-state index is 10.7. The minimum absolute atomic E-state index is 0.118. The Balaban J connectivity index is 1.98. The van der Waals surface area contributed by atoms with Crippen molar-refractivity contribution >= 4 is 5.97 Å². The number of carboxylic acids is 1. The number of carbonyl (C=O) groups is 1. The van der Waals surface area contributed by atoms with Gasteiger partial charge in [-0.3, -0.25) is 4.79 Å². The van der Waals surface area contributed by atoms with Gasteiger partial charge in [0.15, 0.2) is 0 Å². The summed E-state index contributed by atoms with van der Waals surface area (Å²) in [7, 11) is 0. The second-order valence-electron chi connectivity index (χ2n) is 5.04. The minimum Gasteiger partial charge on any atom is -0.508 e. The Labute approximate surface area is 101 Å². The van der Waals surface area contributed by atoms with Crippen LogP contribution in [-0.4, -0.2) is 16.2 Å². The number of phenolic OH excluding ortho intramolecular Hbond substituents is 1. The molecule has 0 spiro atoms. The molecule has 92 valence electrons. The zero-order valence-electron chi connectivity index (χ0n) is 10.2. The number of phenols is 1. The molecule has 1 aromatic rings. The summed E-state index contributed by atoms with van der Waals surface area (Å²) in [4.78, 5) is 10.7. The average molecular weight is 234 g/mol. The zero-order chi connectivity index (χ0) is 12.6. The Hall–Kier alpha value is -1.51. The van der Waals surface area contributed by atoms with Gasteiger partial charge in [-0.1, -0.05) is 0 Å². The van der Waals surface area contributed by atoms with Gasteiger partial charge in [0.25, 0.3) is 0 Å². The summed E-state index contributed by atoms with van der Waals surface area (Å²) in [5, 5.41) is 18.3. The van der Waals surface area contributed by atoms with Gasteiger partial charge in [0, 0.05) is 0 Å². The van der Waals surface area contributed by atoms with Gasteiger partial charge in [-0.2, -0.15) is 0 Å². The molecule has 3 nitrogen and oxygen atoms in total. The fraction of sp³-hybridized carbons (Fsp3) is 0.500. The second kappa shape index (κ2) is 4.40. The highest BCUT2D eigenvalue weighted by atomic mass is 16.4. The van der Waals surface area contributed by atoms with Crippen molar-refractivity contribution in [2.24, 2.45) is 11.8 Å². The molecule has 0 aliphatic heterocycles. The van der Waals surface area contributed by atoms with Gasteiger partial charge >= 0.3 is 5.97 Å². The molecule has 2 atom stereocenters. The summed E-state index contributed by atoms with van der Waals surface area (Å²) in [5.74, 6) is -0.124. The Kier molecular flexibility index (Phi) is 3.09. The Morgan fingerprint density at radius 1 is 1.35 bits per heavy atom. The molecule has 0 amide bonds. The molecule has 2 rings (SSSR count). The first-order valence-corrected chi connectivity index (χ1v) is 6.01. The first-order chi connectivity index (χ1) is 7.99. The highest BCUT2D eigenvalue weighted by molar-refractivity contribution is 5.73. The Bertz CT molecular complexity index is 428. The molecular formula is C14H18O3. The predicted octanol–water partition coefficient (Wildman–Crippen LogP) is 2.66. The van der Waals surface area contributed by atoms with E-state index in [1.165, 1.54) is 5.56 Å². The normalized spacial score (nSPS) is 22.5. The highest BCUT2D eigenvalue weighted by Crippen LogP contribution is 2.42. The summed E-state index contributed by atoms with van der Waals surface area (Å²) < 4.78 is 0. The SMILES string of the molecule is Cc1cc(O)cc(C)c1CCC1CC1C(=O)O. The van der Waals surface area contributed by atoms with E-state index in [1.54, 1.807) is 12.1 Å². The number of aromatic hydroxyl groups is 1. The zero-order valence-corrected chi connectivity index (χ0v) is 10.2. The van der Waals surface area contributed by atoms with Crippen molar-refractivity contribution in [3.05, 3.63) is 28.8 Å². The number of rotatable bonds is 4. The predicted molar refractivity (Wildman–Crippen MR) is 65.1 cm³/mol. The molecule has 2 N–H and O–H groups in total. The molecule has 0 radical (unpaired) electrons. The molecule has 17 heavy (non-hydrogen) atoms. The van der Waals surface area contributed by atoms with Crippen LogP contribution in [0.4, 0.5) is 0 Å². The van der Waals surface area contributed by atoms with Gasteiger partial charge in [0.05, 0.1) is 5.92 Å². The van der Waals surface area contributed by atoms with Crippen molar-refractivity contribution in [3.8, 4) is 5.75 Å². The van der Waals surface area contributed by atoms with Crippen LogP contribution in [0, 0.1) is 25.7 Å². The van der Waals surface area contributed by atoms with Crippen LogP contribution in [-0.2, 0) is 11.2 Å². The average Bonchev–Trinajstić information content (AvgIpc) is 2.95. The van der Waals surface area contributed by atoms with E-state index in [0.717, 1.165) is 30.4 Å². The lowest BCUT2D eigenvalue weighted by atomic mass is 9.96. The van der Waals surface area contributed by atoms with Crippen LogP contribution in [0.3, 0.4) is 0 Å². The number of hydrogen-bond acceptors (Lipinski definition) is 2. The van der Waals surface area contributed by atoms with Gasteiger partial charge in [-0.15, -0.1) is 0 Å². The molecule has 0 heterocycles. The molecule has 1 aliphatic carbocycles. The number of aliphatic carboxylic acids is 1. The van der Waals surface area contributed by atoms with Gasteiger partial charge < -0.3 is 10.2 Å². The maximum Gasteiger partial charge on any atom is 0.306 e. The van der Waals surface area contributed by atoms with E-state index < -0.39 is 5.97 Å². The monoisotopic (exact) mass is 234 g/mol. The topological polar surface area (TPSA) is 57.5 Å². The lowest BCUT2D eigenvalue weighted by Gasteiger charge is -2.10. The van der Waals surface area contributed by atoms with Crippen LogP contribution >= 0.6 is 0 Å². The summed E-state index contributed by atoms with van der Waals surface area (Å²) in [6.45, 7) is 3.98. The number of aryl methyl sites for hydroxylation is 2. The molecule has 1 fully saturated rings. The number of carboxylic acid groups (broad SMARTS) is 1. The van der Waals surface area contributed by atoms with Crippen molar-refractivity contribution in [1.82, 2.24) is 0 Å². The first-order valence-electron chi connectivity index (χ1n) is 6.01. The molecule has 0 bridgehead atoms. The van der Waals surface area contributed by atoms with Crippen molar-refractivity contribution in [1.29, 1.82) is 0 Å². The van der Waals surface area contributed by atoms with Crippen molar-refractivity contribution in [3.63, 3.8) is 0 Å². The summed E-state index contributed by atoms with van der Waals surface area (Å²) >= 11 is 0. The smallest absolute Gasteiger partial charge is 0.306 e. The van der Waals surface area contributed by atoms with Crippen LogP contribution in [0.25, 0.3) is 0 Å². The molecule has 1 aromatic carbocycles. The standard InChI is InChI=1S/C14H18O3/c1-8-5-11(15)6-9(2)12(8)4-3-10-7-13(10)14(16)17/h5-6,10,13,15H,3-4,7H2,1-2H3,(H,16,17). The molecular weight excluding hydrogens is 216 g/mol. The molecule has 1 aliphatic rings. The van der Waals surface area contributed by atoms with Gasteiger partial charge in [-0.25, -0.2) is 0 Å². The summed E-state index contributed by atoms with van der Waals surface area (Å²) in [5.41, 5.74) is 3.43. The lowest BCUT2D eigenvalue weighted by molar-refractivity contribution is -0.138. The molecule has 0 saturated heterocycles. The van der Waals surface area contributed by atoms with Crippen LogP contribution in [0.15, 0.2) is 12.1 Å². The van der Waals surface area contributed by atoms with E-state index in [1.807, 2.05) is 13.8 Å². The second-order valence-corrected chi connectivity index (χ2v) is 5.04. The summed E-state index contributed by atoms with van der Waals surface area (Å²) in [6, 6.07) is 3.54. The van der Waals surface area contributed by atoms with Gasteiger partial charge in [0.1, 0.15) is 5.75 Å². The largest absolute Gasteiger partial charge is 0.508 e. The fourth-order valence-electron chi connectivity index (χ4n) is 2.56. The minimum atomic E-state index is -0.658. The fourth-order valence-corrected chi connectivity index (χ4v) is 2.56. The highest BCUT2D eigenvalue weighted by Gasteiger charge is 2.42. The molecule has 3 heteroatoms.